The van der Waals surface area contributed by atoms with Gasteiger partial charge in [0.15, 0.2) is 17.3 Å². The molecule has 138 heavy (non-hydrogen) atoms. The van der Waals surface area contributed by atoms with Crippen molar-refractivity contribution in [1.82, 2.24) is 25.5 Å². The normalized spacial score (nSPS) is 18.7. The number of amides is 2. The Bertz CT molecular complexity index is 6010. The molecule has 4 N–H and O–H groups in total. The summed E-state index contributed by atoms with van der Waals surface area (Å²) in [5, 5.41) is 5.62. The van der Waals surface area contributed by atoms with E-state index in [9.17, 15) is 57.5 Å². The first kappa shape index (κ1) is 101. The Kier molecular flexibility index (Phi) is 31.5. The summed E-state index contributed by atoms with van der Waals surface area (Å²) >= 11 is 0. The molecule has 2 amide bonds. The molecule has 5 aliphatic carbocycles. The molecule has 25 nitrogen and oxygen atoms in total. The fraction of sp³-hybridized carbons (Fsp3) is 0.416. The number of allylic oxidation sites excluding steroid dienone is 4. The molecule has 8 aromatic rings. The van der Waals surface area contributed by atoms with E-state index >= 15 is 0 Å². The molecule has 0 spiro atoms. The third-order valence-electron chi connectivity index (χ3n) is 25.7. The highest BCUT2D eigenvalue weighted by molar-refractivity contribution is 5.97. The summed E-state index contributed by atoms with van der Waals surface area (Å²) in [4.78, 5) is 174. The van der Waals surface area contributed by atoms with Gasteiger partial charge in [0, 0.05) is 92.6 Å². The van der Waals surface area contributed by atoms with Gasteiger partial charge in [0.1, 0.15) is 53.0 Å². The largest absolute Gasteiger partial charge is 0.460 e. The summed E-state index contributed by atoms with van der Waals surface area (Å²) < 4.78 is 40.3. The third kappa shape index (κ3) is 26.0. The van der Waals surface area contributed by atoms with Gasteiger partial charge >= 0.3 is 41.9 Å². The van der Waals surface area contributed by atoms with Gasteiger partial charge in [0.25, 0.3) is 0 Å². The lowest BCUT2D eigenvalue weighted by Crippen LogP contribution is -2.45. The number of pyridine rings is 2. The maximum Gasteiger partial charge on any atom is 0.407 e. The Labute approximate surface area is 807 Å². The van der Waals surface area contributed by atoms with Gasteiger partial charge in [0.05, 0.1) is 60.3 Å². The number of Topliss-reactive ketones (excluding diaryl/α,β-unsaturated/α-hetero) is 4. The first-order chi connectivity index (χ1) is 65.5. The Balaban J connectivity index is 0.000000221. The second kappa shape index (κ2) is 43.2. The number of ether oxygens (including phenoxy) is 7. The summed E-state index contributed by atoms with van der Waals surface area (Å²) in [7, 11) is 0. The van der Waals surface area contributed by atoms with Crippen molar-refractivity contribution in [3.63, 3.8) is 0 Å². The van der Waals surface area contributed by atoms with Gasteiger partial charge in [0.2, 0.25) is 5.91 Å². The summed E-state index contributed by atoms with van der Waals surface area (Å²) in [6, 6.07) is 50.8. The number of carbonyl (C=O) groups is 12. The van der Waals surface area contributed by atoms with Gasteiger partial charge in [-0.05, 0) is 242 Å². The van der Waals surface area contributed by atoms with E-state index in [4.69, 9.17) is 38.9 Å². The molecule has 0 fully saturated rings. The molecular weight excluding hydrogens is 1750 g/mol. The van der Waals surface area contributed by atoms with E-state index < -0.39 is 119 Å². The van der Waals surface area contributed by atoms with Crippen LogP contribution in [0.1, 0.15) is 260 Å². The highest BCUT2D eigenvalue weighted by Gasteiger charge is 2.49. The number of rotatable bonds is 34. The van der Waals surface area contributed by atoms with E-state index in [1.165, 1.54) is 0 Å². The van der Waals surface area contributed by atoms with Crippen LogP contribution in [-0.4, -0.2) is 152 Å². The monoisotopic (exact) mass is 1870 g/mol. The van der Waals surface area contributed by atoms with Crippen LogP contribution in [0.5, 0.6) is 0 Å². The third-order valence-corrected chi connectivity index (χ3v) is 25.7. The number of fused-ring (bicyclic) bond motifs is 11. The second-order valence-corrected chi connectivity index (χ2v) is 41.3. The number of benzene rings is 6. The molecule has 0 saturated carbocycles. The van der Waals surface area contributed by atoms with Crippen molar-refractivity contribution >= 4 is 70.9 Å². The van der Waals surface area contributed by atoms with Crippen LogP contribution < -0.4 is 16.4 Å². The van der Waals surface area contributed by atoms with Gasteiger partial charge in [-0.15, -0.1) is 0 Å². The molecule has 15 rings (SSSR count). The van der Waals surface area contributed by atoms with Crippen LogP contribution in [0.25, 0.3) is 11.1 Å². The number of hydrogen-bond donors (Lipinski definition) is 3. The van der Waals surface area contributed by atoms with Crippen LogP contribution in [0.2, 0.25) is 0 Å². The number of esters is 6. The number of unbranched alkanes of at least 4 members (excludes halogenated alkanes) is 1. The van der Waals surface area contributed by atoms with Crippen molar-refractivity contribution in [3.8, 4) is 11.1 Å². The summed E-state index contributed by atoms with van der Waals surface area (Å²) in [6.07, 6.45) is 10.9. The molecule has 0 saturated heterocycles. The predicted molar refractivity (Wildman–Crippen MR) is 520 cm³/mol. The average molecular weight is 1870 g/mol. The maximum absolute atomic E-state index is 14.5. The number of nitrogens with two attached hydrogens (primary N) is 1. The molecule has 2 aliphatic heterocycles. The van der Waals surface area contributed by atoms with E-state index in [2.05, 4.69) is 25.5 Å². The SMILES string of the molecule is C[C@@H](CC(=O)OC(C)(C)C)C(=O)CC1=CC2OC(=O)c3ccccc3C3c4ccc(CC(=O)[C@H](CC(=O)OC(C)(C)C)NC(=O)OCC5c6ccccc6-c6ccccc65)cc4CC(=C1)C23.C[C@@H](CCCCN(Cc1ccccn1)Cc1ccccn1)C(=O)N[C@@H](CC(=O)OC(C)(C)C)C(=O)CC1=CC2OC(=O)c3ccccc3C3c4ccc(CC(=O)[C@@H](N)CC(=O)OC(C)(C)C)cc4CC(=C1)C23. The van der Waals surface area contributed by atoms with Crippen LogP contribution >= 0.6 is 0 Å². The molecule has 6 unspecified atom stereocenters. The fourth-order valence-electron chi connectivity index (χ4n) is 19.7. The number of ketones is 4. The zero-order valence-corrected chi connectivity index (χ0v) is 81.3. The van der Waals surface area contributed by atoms with E-state index in [1.54, 1.807) is 127 Å². The van der Waals surface area contributed by atoms with Crippen molar-refractivity contribution in [3.05, 3.63) is 307 Å². The van der Waals surface area contributed by atoms with E-state index in [1.807, 2.05) is 177 Å². The second-order valence-electron chi connectivity index (χ2n) is 41.3. The van der Waals surface area contributed by atoms with Crippen LogP contribution in [0, 0.1) is 23.7 Å². The molecule has 11 atom stereocenters. The number of hydrogen-bond acceptors (Lipinski definition) is 23. The van der Waals surface area contributed by atoms with E-state index in [0.29, 0.717) is 60.2 Å². The quantitative estimate of drug-likeness (QED) is 0.0192. The molecule has 4 heterocycles. The molecule has 0 bridgehead atoms. The summed E-state index contributed by atoms with van der Waals surface area (Å²) in [5.41, 5.74) is 20.4. The minimum Gasteiger partial charge on any atom is -0.460 e. The lowest BCUT2D eigenvalue weighted by Gasteiger charge is -2.40. The Morgan fingerprint density at radius 1 is 0.442 bits per heavy atom. The number of carbonyl (C=O) groups excluding carboxylic acids is 12. The summed E-state index contributed by atoms with van der Waals surface area (Å²) in [6.45, 7) is 26.7. The first-order valence-electron chi connectivity index (χ1n) is 47.8. The van der Waals surface area contributed by atoms with Crippen LogP contribution in [0.15, 0.2) is 229 Å². The zero-order valence-electron chi connectivity index (χ0n) is 81.3. The summed E-state index contributed by atoms with van der Waals surface area (Å²) in [5.74, 6) is -7.05. The number of nitrogens with one attached hydrogen (secondary N) is 2. The molecule has 7 aliphatic rings. The van der Waals surface area contributed by atoms with E-state index in [0.717, 1.165) is 103 Å². The van der Waals surface area contributed by atoms with Crippen molar-refractivity contribution in [2.75, 3.05) is 13.2 Å². The van der Waals surface area contributed by atoms with Crippen molar-refractivity contribution in [2.45, 2.75) is 264 Å². The lowest BCUT2D eigenvalue weighted by atomic mass is 9.64. The van der Waals surface area contributed by atoms with Gasteiger partial charge < -0.3 is 49.5 Å². The van der Waals surface area contributed by atoms with Crippen LogP contribution in [0.4, 0.5) is 4.79 Å². The first-order valence-corrected chi connectivity index (χ1v) is 47.8. The minimum atomic E-state index is -1.24. The smallest absolute Gasteiger partial charge is 0.407 e. The minimum absolute atomic E-state index is 0.00613. The number of nitrogens with zero attached hydrogens (tertiary/aromatic N) is 3. The van der Waals surface area contributed by atoms with Crippen molar-refractivity contribution in [2.24, 2.45) is 29.4 Å². The molecule has 25 heteroatoms. The van der Waals surface area contributed by atoms with Crippen LogP contribution in [0.3, 0.4) is 0 Å². The topological polar surface area (TPSA) is 349 Å². The number of aromatic nitrogens is 2. The van der Waals surface area contributed by atoms with Gasteiger partial charge in [-0.25, -0.2) is 14.4 Å². The Morgan fingerprint density at radius 3 is 1.30 bits per heavy atom. The highest BCUT2D eigenvalue weighted by Crippen LogP contribution is 2.54. The van der Waals surface area contributed by atoms with Crippen LogP contribution in [-0.2, 0) is 115 Å². The molecule has 2 aromatic heterocycles. The number of alkyl carbamates (subject to hydrolysis) is 1. The van der Waals surface area contributed by atoms with Gasteiger partial charge in [-0.2, -0.15) is 0 Å². The van der Waals surface area contributed by atoms with Crippen molar-refractivity contribution < 1.29 is 90.7 Å². The van der Waals surface area contributed by atoms with Gasteiger partial charge in [-0.3, -0.25) is 58.0 Å². The maximum atomic E-state index is 14.5. The Morgan fingerprint density at radius 2 is 0.848 bits per heavy atom. The van der Waals surface area contributed by atoms with Crippen molar-refractivity contribution in [1.29, 1.82) is 0 Å². The molecule has 722 valence electrons. The molecular formula is C113H126N6O19. The van der Waals surface area contributed by atoms with E-state index in [-0.39, 0.29) is 104 Å². The lowest BCUT2D eigenvalue weighted by molar-refractivity contribution is -0.157. The fourth-order valence-corrected chi connectivity index (χ4v) is 19.7. The average Bonchev–Trinajstić information content (AvgIpc) is 1.60. The van der Waals surface area contributed by atoms with Gasteiger partial charge in [-0.1, -0.05) is 177 Å². The Hall–Kier alpha value is -13.3. The highest BCUT2D eigenvalue weighted by atomic mass is 16.6. The zero-order chi connectivity index (χ0) is 98.8. The molecule has 6 aromatic carbocycles. The molecule has 0 radical (unpaired) electrons. The predicted octanol–water partition coefficient (Wildman–Crippen LogP) is 17.5. The standard InChI is InChI=1S/C58H69N5O9.C55H57NO10/c1-36(16-12-15-25-63(34-41-17-10-13-23-60-41)35-42-18-11-14-24-61-42)55(68)62-47(33-52(67)72-58(5,6)7)49(65)29-38-27-40-31-39-26-37(28-48(64)46(59)32-51(66)71-57(2,3)4)21-22-43(39)54-44-19-8-9-20-45(44)56(69)70-50(30-38)53(40)54;1-31(22-48(59)65-54(2,3)4)45(57)26-33-24-35-28-34-23-32(20-21-36(34)51-41-18-12-13-19-42(41)52(61)64-47(27-33)50(35)51)25-46(58)44(29-49(60)66-55(5,6)7)56-53(62)63-30-43-39-16-10-8-14-37(39)38-15-9-11-17-40(38)43/h8-11,13-14,17-24,26-27,30,36,46-47,50,53-54H,12,15-16,25,28-29,31-35,59H2,1-7H3,(H,62,68);8-21,23-24,27,31,43-44,47,50-51H,22,25-26,28-30H2,1-7H3,(H,56,62)/t36-,46-,47-,50?,53?,54?;31-,44-,47?,50?,51?/m00/s1.